The summed E-state index contributed by atoms with van der Waals surface area (Å²) in [4.78, 5) is 14.0. The molecule has 0 spiro atoms. The number of hydrogen-bond acceptors (Lipinski definition) is 3. The lowest BCUT2D eigenvalue weighted by Crippen LogP contribution is -2.42. The van der Waals surface area contributed by atoms with Gasteiger partial charge in [0, 0.05) is 19.6 Å². The molecule has 1 amide bonds. The van der Waals surface area contributed by atoms with Crippen LogP contribution in [0.1, 0.15) is 18.4 Å². The van der Waals surface area contributed by atoms with Gasteiger partial charge in [-0.25, -0.2) is 0 Å². The topological polar surface area (TPSA) is 58.4 Å². The zero-order chi connectivity index (χ0) is 14.2. The van der Waals surface area contributed by atoms with Gasteiger partial charge in [0.05, 0.1) is 6.54 Å². The van der Waals surface area contributed by atoms with Gasteiger partial charge in [0.15, 0.2) is 0 Å². The van der Waals surface area contributed by atoms with E-state index in [0.29, 0.717) is 19.6 Å². The number of benzene rings is 1. The molecule has 1 aromatic carbocycles. The van der Waals surface area contributed by atoms with Gasteiger partial charge in [-0.1, -0.05) is 30.3 Å². The lowest BCUT2D eigenvalue weighted by atomic mass is 10.1. The van der Waals surface area contributed by atoms with Crippen LogP contribution in [0.4, 0.5) is 0 Å². The number of nitrogens with two attached hydrogens (primary N) is 1. The maximum absolute atomic E-state index is 12.2. The Hall–Kier alpha value is -1.39. The summed E-state index contributed by atoms with van der Waals surface area (Å²) in [7, 11) is 0. The highest BCUT2D eigenvalue weighted by Crippen LogP contribution is 2.27. The normalized spacial score (nSPS) is 14.2. The largest absolute Gasteiger partial charge is 0.340 e. The molecule has 4 heteroatoms. The van der Waals surface area contributed by atoms with Crippen molar-refractivity contribution < 1.29 is 4.79 Å². The molecule has 1 fully saturated rings. The van der Waals surface area contributed by atoms with E-state index in [0.717, 1.165) is 25.4 Å². The summed E-state index contributed by atoms with van der Waals surface area (Å²) in [6.07, 6.45) is 3.50. The monoisotopic (exact) mass is 275 g/mol. The fourth-order valence-electron chi connectivity index (χ4n) is 2.24. The number of nitrogens with zero attached hydrogens (tertiary/aromatic N) is 1. The number of carbonyl (C=O) groups is 1. The molecule has 2 rings (SSSR count). The lowest BCUT2D eigenvalue weighted by molar-refractivity contribution is -0.130. The first-order chi connectivity index (χ1) is 9.79. The van der Waals surface area contributed by atoms with Crippen LogP contribution in [0, 0.1) is 5.92 Å². The van der Waals surface area contributed by atoms with Crippen molar-refractivity contribution in [3.63, 3.8) is 0 Å². The van der Waals surface area contributed by atoms with E-state index in [1.807, 2.05) is 23.1 Å². The van der Waals surface area contributed by atoms with Crippen LogP contribution in [0.2, 0.25) is 0 Å². The first kappa shape index (κ1) is 15.0. The van der Waals surface area contributed by atoms with Crippen LogP contribution in [0.3, 0.4) is 0 Å². The van der Waals surface area contributed by atoms with E-state index in [9.17, 15) is 4.79 Å². The minimum atomic E-state index is 0.159. The fourth-order valence-corrected chi connectivity index (χ4v) is 2.24. The minimum Gasteiger partial charge on any atom is -0.340 e. The Morgan fingerprint density at radius 2 is 2.00 bits per heavy atom. The quantitative estimate of drug-likeness (QED) is 0.707. The van der Waals surface area contributed by atoms with Crippen molar-refractivity contribution in [2.24, 2.45) is 11.7 Å². The molecule has 0 heterocycles. The molecule has 4 nitrogen and oxygen atoms in total. The molecule has 0 unspecified atom stereocenters. The molecule has 0 aromatic heterocycles. The van der Waals surface area contributed by atoms with E-state index in [4.69, 9.17) is 5.73 Å². The van der Waals surface area contributed by atoms with Gasteiger partial charge in [-0.2, -0.15) is 0 Å². The molecule has 110 valence electrons. The Morgan fingerprint density at radius 1 is 1.25 bits per heavy atom. The molecule has 0 atom stereocenters. The van der Waals surface area contributed by atoms with Crippen LogP contribution < -0.4 is 11.1 Å². The highest BCUT2D eigenvalue weighted by Gasteiger charge is 2.21. The molecular weight excluding hydrogens is 250 g/mol. The third-order valence-electron chi connectivity index (χ3n) is 3.67. The molecule has 0 aliphatic heterocycles. The molecule has 0 bridgehead atoms. The Labute approximate surface area is 121 Å². The molecule has 1 aliphatic carbocycles. The second-order valence-electron chi connectivity index (χ2n) is 5.48. The average molecular weight is 275 g/mol. The minimum absolute atomic E-state index is 0.159. The number of rotatable bonds is 9. The van der Waals surface area contributed by atoms with Crippen LogP contribution >= 0.6 is 0 Å². The zero-order valence-corrected chi connectivity index (χ0v) is 12.1. The third-order valence-corrected chi connectivity index (χ3v) is 3.67. The standard InChI is InChI=1S/C16H25N3O/c17-9-11-19(10-8-14-4-2-1-3-5-14)16(20)13-18-12-15-6-7-15/h1-5,15,18H,6-13,17H2. The summed E-state index contributed by atoms with van der Waals surface area (Å²) in [6, 6.07) is 10.3. The highest BCUT2D eigenvalue weighted by atomic mass is 16.2. The smallest absolute Gasteiger partial charge is 0.236 e. The molecule has 1 saturated carbocycles. The van der Waals surface area contributed by atoms with Crippen LogP contribution in [-0.4, -0.2) is 43.5 Å². The number of amides is 1. The van der Waals surface area contributed by atoms with Crippen molar-refractivity contribution in [3.8, 4) is 0 Å². The summed E-state index contributed by atoms with van der Waals surface area (Å²) in [5.74, 6) is 0.960. The predicted octanol–water partition coefficient (Wildman–Crippen LogP) is 1.02. The second kappa shape index (κ2) is 8.02. The Morgan fingerprint density at radius 3 is 2.65 bits per heavy atom. The highest BCUT2D eigenvalue weighted by molar-refractivity contribution is 5.78. The van der Waals surface area contributed by atoms with E-state index in [2.05, 4.69) is 17.4 Å². The van der Waals surface area contributed by atoms with Gasteiger partial charge in [0.2, 0.25) is 5.91 Å². The lowest BCUT2D eigenvalue weighted by Gasteiger charge is -2.22. The summed E-state index contributed by atoms with van der Waals surface area (Å²) >= 11 is 0. The summed E-state index contributed by atoms with van der Waals surface area (Å²) in [6.45, 7) is 3.30. The van der Waals surface area contributed by atoms with Crippen molar-refractivity contribution in [1.29, 1.82) is 0 Å². The third kappa shape index (κ3) is 5.31. The predicted molar refractivity (Wildman–Crippen MR) is 81.4 cm³/mol. The van der Waals surface area contributed by atoms with E-state index in [1.165, 1.54) is 18.4 Å². The van der Waals surface area contributed by atoms with Gasteiger partial charge in [0.25, 0.3) is 0 Å². The van der Waals surface area contributed by atoms with Crippen LogP contribution in [-0.2, 0) is 11.2 Å². The van der Waals surface area contributed by atoms with Crippen molar-refractivity contribution >= 4 is 5.91 Å². The van der Waals surface area contributed by atoms with E-state index < -0.39 is 0 Å². The van der Waals surface area contributed by atoms with Crippen molar-refractivity contribution in [2.45, 2.75) is 19.3 Å². The molecule has 1 aliphatic rings. The Bertz CT molecular complexity index is 403. The molecule has 1 aromatic rings. The number of carbonyl (C=O) groups excluding carboxylic acids is 1. The average Bonchev–Trinajstić information content (AvgIpc) is 3.28. The number of hydrogen-bond donors (Lipinski definition) is 2. The van der Waals surface area contributed by atoms with Crippen molar-refractivity contribution in [3.05, 3.63) is 35.9 Å². The first-order valence-corrected chi connectivity index (χ1v) is 7.52. The summed E-state index contributed by atoms with van der Waals surface area (Å²) < 4.78 is 0. The maximum Gasteiger partial charge on any atom is 0.236 e. The van der Waals surface area contributed by atoms with Gasteiger partial charge in [-0.15, -0.1) is 0 Å². The molecule has 3 N–H and O–H groups in total. The summed E-state index contributed by atoms with van der Waals surface area (Å²) in [5, 5.41) is 3.25. The second-order valence-corrected chi connectivity index (χ2v) is 5.48. The number of nitrogens with one attached hydrogen (secondary N) is 1. The SMILES string of the molecule is NCCN(CCc1ccccc1)C(=O)CNCC1CC1. The van der Waals surface area contributed by atoms with Gasteiger partial charge in [-0.3, -0.25) is 4.79 Å². The van der Waals surface area contributed by atoms with Gasteiger partial charge < -0.3 is 16.0 Å². The van der Waals surface area contributed by atoms with Gasteiger partial charge in [-0.05, 0) is 37.3 Å². The maximum atomic E-state index is 12.2. The molecule has 0 saturated heterocycles. The Balaban J connectivity index is 1.74. The fraction of sp³-hybridized carbons (Fsp3) is 0.562. The molecule has 20 heavy (non-hydrogen) atoms. The van der Waals surface area contributed by atoms with Crippen molar-refractivity contribution in [2.75, 3.05) is 32.7 Å². The van der Waals surface area contributed by atoms with E-state index in [1.54, 1.807) is 0 Å². The van der Waals surface area contributed by atoms with Crippen LogP contribution in [0.5, 0.6) is 0 Å². The van der Waals surface area contributed by atoms with Gasteiger partial charge >= 0.3 is 0 Å². The van der Waals surface area contributed by atoms with E-state index in [-0.39, 0.29) is 5.91 Å². The molecular formula is C16H25N3O. The van der Waals surface area contributed by atoms with Gasteiger partial charge in [0.1, 0.15) is 0 Å². The molecule has 0 radical (unpaired) electrons. The van der Waals surface area contributed by atoms with Crippen LogP contribution in [0.25, 0.3) is 0 Å². The van der Waals surface area contributed by atoms with E-state index >= 15 is 0 Å². The Kier molecular flexibility index (Phi) is 6.02. The summed E-state index contributed by atoms with van der Waals surface area (Å²) in [5.41, 5.74) is 6.87. The van der Waals surface area contributed by atoms with Crippen LogP contribution in [0.15, 0.2) is 30.3 Å². The first-order valence-electron chi connectivity index (χ1n) is 7.52. The zero-order valence-electron chi connectivity index (χ0n) is 12.1. The van der Waals surface area contributed by atoms with Crippen molar-refractivity contribution in [1.82, 2.24) is 10.2 Å².